The van der Waals surface area contributed by atoms with E-state index in [2.05, 4.69) is 0 Å². The van der Waals surface area contributed by atoms with Crippen LogP contribution >= 0.6 is 0 Å². The minimum atomic E-state index is -1.09. The first-order valence-corrected chi connectivity index (χ1v) is 3.15. The zero-order valence-electron chi connectivity index (χ0n) is 6.06. The van der Waals surface area contributed by atoms with Crippen molar-refractivity contribution >= 4 is 5.97 Å². The molecule has 0 saturated carbocycles. The number of carboxylic acids is 1. The minimum Gasteiger partial charge on any atom is -0.500 e. The Kier molecular flexibility index (Phi) is 5.14. The van der Waals surface area contributed by atoms with Crippen LogP contribution in [0.2, 0.25) is 0 Å². The third kappa shape index (κ3) is 5.38. The Labute approximate surface area is 64.6 Å². The molecule has 0 spiro atoms. The summed E-state index contributed by atoms with van der Waals surface area (Å²) in [5.74, 6) is -1.09. The third-order valence-corrected chi connectivity index (χ3v) is 0.903. The monoisotopic (exact) mass is 160 g/mol. The third-order valence-electron chi connectivity index (χ3n) is 0.903. The highest BCUT2D eigenvalue weighted by Gasteiger charge is 2.05. The largest absolute Gasteiger partial charge is 0.500 e. The Morgan fingerprint density at radius 3 is 2.82 bits per heavy atom. The standard InChI is InChI=1S/C6H12N2O3/c7-2-4-11-3-1-5(8)6(9)10/h1,3,5H,2,4,7-8H2,(H,9,10)/b3-1+/t5-/m0/s1. The summed E-state index contributed by atoms with van der Waals surface area (Å²) in [6.45, 7) is 0.759. The predicted molar refractivity (Wildman–Crippen MR) is 39.8 cm³/mol. The SMILES string of the molecule is NCCO/C=C/[C@H](N)C(=O)O. The quantitative estimate of drug-likeness (QED) is 0.350. The van der Waals surface area contributed by atoms with E-state index < -0.39 is 12.0 Å². The molecule has 1 atom stereocenters. The van der Waals surface area contributed by atoms with Crippen molar-refractivity contribution in [3.63, 3.8) is 0 Å². The fourth-order valence-electron chi connectivity index (χ4n) is 0.359. The molecule has 0 fully saturated rings. The molecule has 0 aromatic rings. The average molecular weight is 160 g/mol. The summed E-state index contributed by atoms with van der Waals surface area (Å²) in [6, 6.07) is -1.01. The lowest BCUT2D eigenvalue weighted by Crippen LogP contribution is -2.27. The first kappa shape index (κ1) is 9.93. The molecular formula is C6H12N2O3. The van der Waals surface area contributed by atoms with E-state index in [1.165, 1.54) is 12.3 Å². The molecule has 0 radical (unpaired) electrons. The Morgan fingerprint density at radius 2 is 2.36 bits per heavy atom. The first-order valence-electron chi connectivity index (χ1n) is 3.15. The van der Waals surface area contributed by atoms with E-state index in [9.17, 15) is 4.79 Å². The molecule has 0 heterocycles. The summed E-state index contributed by atoms with van der Waals surface area (Å²) >= 11 is 0. The van der Waals surface area contributed by atoms with Crippen LogP contribution in [0.15, 0.2) is 12.3 Å². The van der Waals surface area contributed by atoms with Crippen molar-refractivity contribution in [1.29, 1.82) is 0 Å². The van der Waals surface area contributed by atoms with E-state index in [0.29, 0.717) is 13.2 Å². The van der Waals surface area contributed by atoms with Crippen LogP contribution in [0.4, 0.5) is 0 Å². The van der Waals surface area contributed by atoms with Crippen LogP contribution in [0.25, 0.3) is 0 Å². The summed E-state index contributed by atoms with van der Waals surface area (Å²) < 4.78 is 4.75. The highest BCUT2D eigenvalue weighted by Crippen LogP contribution is 1.83. The highest BCUT2D eigenvalue weighted by molar-refractivity contribution is 5.75. The molecule has 11 heavy (non-hydrogen) atoms. The molecule has 64 valence electrons. The van der Waals surface area contributed by atoms with Crippen molar-refractivity contribution in [3.8, 4) is 0 Å². The normalized spacial score (nSPS) is 13.3. The van der Waals surface area contributed by atoms with Crippen molar-refractivity contribution in [2.24, 2.45) is 11.5 Å². The predicted octanol–water partition coefficient (Wildman–Crippen LogP) is -1.11. The fraction of sp³-hybridized carbons (Fsp3) is 0.500. The molecule has 0 bridgehead atoms. The maximum Gasteiger partial charge on any atom is 0.324 e. The van der Waals surface area contributed by atoms with Crippen LogP contribution in [0.5, 0.6) is 0 Å². The van der Waals surface area contributed by atoms with Gasteiger partial charge in [-0.05, 0) is 6.08 Å². The molecule has 0 aliphatic carbocycles. The summed E-state index contributed by atoms with van der Waals surface area (Å²) in [6.07, 6.45) is 2.49. The maximum absolute atomic E-state index is 10.1. The smallest absolute Gasteiger partial charge is 0.324 e. The number of rotatable bonds is 5. The Bertz CT molecular complexity index is 147. The number of aliphatic carboxylic acids is 1. The van der Waals surface area contributed by atoms with Crippen LogP contribution < -0.4 is 11.5 Å². The second-order valence-electron chi connectivity index (χ2n) is 1.85. The van der Waals surface area contributed by atoms with E-state index in [1.54, 1.807) is 0 Å². The second kappa shape index (κ2) is 5.70. The molecule has 0 amide bonds. The van der Waals surface area contributed by atoms with Crippen molar-refractivity contribution in [1.82, 2.24) is 0 Å². The summed E-state index contributed by atoms with van der Waals surface area (Å²) in [5, 5.41) is 8.28. The molecule has 5 nitrogen and oxygen atoms in total. The lowest BCUT2D eigenvalue weighted by Gasteiger charge is -1.98. The molecule has 0 aromatic carbocycles. The lowest BCUT2D eigenvalue weighted by molar-refractivity contribution is -0.137. The number of nitrogens with two attached hydrogens (primary N) is 2. The topological polar surface area (TPSA) is 98.6 Å². The maximum atomic E-state index is 10.1. The van der Waals surface area contributed by atoms with Gasteiger partial charge in [-0.15, -0.1) is 0 Å². The summed E-state index contributed by atoms with van der Waals surface area (Å²) in [4.78, 5) is 10.1. The van der Waals surface area contributed by atoms with Gasteiger partial charge in [-0.25, -0.2) is 0 Å². The molecule has 5 N–H and O–H groups in total. The van der Waals surface area contributed by atoms with E-state index in [1.807, 2.05) is 0 Å². The number of hydrogen-bond donors (Lipinski definition) is 3. The second-order valence-corrected chi connectivity index (χ2v) is 1.85. The van der Waals surface area contributed by atoms with Gasteiger partial charge in [-0.1, -0.05) is 0 Å². The van der Waals surface area contributed by atoms with Crippen LogP contribution in [0.3, 0.4) is 0 Å². The fourth-order valence-corrected chi connectivity index (χ4v) is 0.359. The Balaban J connectivity index is 3.48. The molecule has 0 rings (SSSR count). The minimum absolute atomic E-state index is 0.364. The lowest BCUT2D eigenvalue weighted by atomic mass is 10.3. The van der Waals surface area contributed by atoms with Crippen LogP contribution in [-0.4, -0.2) is 30.3 Å². The molecule has 0 aliphatic heterocycles. The number of carboxylic acid groups (broad SMARTS) is 1. The average Bonchev–Trinajstić information content (AvgIpc) is 1.97. The van der Waals surface area contributed by atoms with Crippen LogP contribution in [0, 0.1) is 0 Å². The van der Waals surface area contributed by atoms with Crippen LogP contribution in [-0.2, 0) is 9.53 Å². The zero-order chi connectivity index (χ0) is 8.69. The van der Waals surface area contributed by atoms with Gasteiger partial charge in [0.1, 0.15) is 6.04 Å². The molecule has 0 saturated heterocycles. The molecular weight excluding hydrogens is 148 g/mol. The Morgan fingerprint density at radius 1 is 1.73 bits per heavy atom. The van der Waals surface area contributed by atoms with Gasteiger partial charge in [0.05, 0.1) is 12.9 Å². The van der Waals surface area contributed by atoms with Gasteiger partial charge in [-0.2, -0.15) is 0 Å². The van der Waals surface area contributed by atoms with Gasteiger partial charge in [0.25, 0.3) is 0 Å². The number of hydrogen-bond acceptors (Lipinski definition) is 4. The van der Waals surface area contributed by atoms with E-state index in [-0.39, 0.29) is 0 Å². The van der Waals surface area contributed by atoms with E-state index in [4.69, 9.17) is 21.3 Å². The summed E-state index contributed by atoms with van der Waals surface area (Å²) in [7, 11) is 0. The number of ether oxygens (including phenoxy) is 1. The molecule has 0 aliphatic rings. The van der Waals surface area contributed by atoms with E-state index >= 15 is 0 Å². The van der Waals surface area contributed by atoms with Gasteiger partial charge >= 0.3 is 5.97 Å². The van der Waals surface area contributed by atoms with Crippen molar-refractivity contribution in [2.45, 2.75) is 6.04 Å². The van der Waals surface area contributed by atoms with Crippen molar-refractivity contribution in [3.05, 3.63) is 12.3 Å². The van der Waals surface area contributed by atoms with E-state index in [0.717, 1.165) is 0 Å². The van der Waals surface area contributed by atoms with Gasteiger partial charge in [0, 0.05) is 6.54 Å². The first-order chi connectivity index (χ1) is 5.18. The molecule has 0 unspecified atom stereocenters. The van der Waals surface area contributed by atoms with Gasteiger partial charge < -0.3 is 21.3 Å². The summed E-state index contributed by atoms with van der Waals surface area (Å²) in [5.41, 5.74) is 10.2. The number of carbonyl (C=O) groups is 1. The highest BCUT2D eigenvalue weighted by atomic mass is 16.5. The zero-order valence-corrected chi connectivity index (χ0v) is 6.06. The molecule has 5 heteroatoms. The van der Waals surface area contributed by atoms with Gasteiger partial charge in [-0.3, -0.25) is 4.79 Å². The van der Waals surface area contributed by atoms with Crippen molar-refractivity contribution in [2.75, 3.05) is 13.2 Å². The van der Waals surface area contributed by atoms with Gasteiger partial charge in [0.15, 0.2) is 0 Å². The van der Waals surface area contributed by atoms with Crippen LogP contribution in [0.1, 0.15) is 0 Å². The van der Waals surface area contributed by atoms with Crippen molar-refractivity contribution < 1.29 is 14.6 Å². The molecule has 0 aromatic heterocycles. The Hall–Kier alpha value is -1.07. The van der Waals surface area contributed by atoms with Gasteiger partial charge in [0.2, 0.25) is 0 Å².